The molecular formula is C14H19ClN4. The molecule has 2 aromatic heterocycles. The maximum atomic E-state index is 6.34. The summed E-state index contributed by atoms with van der Waals surface area (Å²) in [6.07, 6.45) is 3.29. The molecule has 1 unspecified atom stereocenters. The van der Waals surface area contributed by atoms with Gasteiger partial charge in [0.1, 0.15) is 0 Å². The van der Waals surface area contributed by atoms with Crippen LogP contribution in [0.5, 0.6) is 0 Å². The van der Waals surface area contributed by atoms with Gasteiger partial charge in [-0.15, -0.1) is 0 Å². The maximum Gasteiger partial charge on any atom is 0.0850 e. The summed E-state index contributed by atoms with van der Waals surface area (Å²) in [5, 5.41) is 5.15. The average molecular weight is 279 g/mol. The molecular weight excluding hydrogens is 260 g/mol. The molecule has 1 atom stereocenters. The largest absolute Gasteiger partial charge is 0.324 e. The molecule has 0 saturated carbocycles. The first-order valence-corrected chi connectivity index (χ1v) is 6.79. The standard InChI is InChI=1S/C14H19ClN4/c1-4-12-14(15)13(19(3)18-12)8-11(16)10-5-6-17-9(2)7-10/h5-7,11H,4,8,16H2,1-3H3. The van der Waals surface area contributed by atoms with E-state index in [-0.39, 0.29) is 6.04 Å². The van der Waals surface area contributed by atoms with Gasteiger partial charge in [-0.25, -0.2) is 0 Å². The SMILES string of the molecule is CCc1nn(C)c(CC(N)c2ccnc(C)c2)c1Cl. The average Bonchev–Trinajstić information content (AvgIpc) is 2.66. The Balaban J connectivity index is 2.24. The Labute approximate surface area is 118 Å². The molecule has 4 nitrogen and oxygen atoms in total. The van der Waals surface area contributed by atoms with E-state index in [1.807, 2.05) is 37.7 Å². The molecule has 2 heterocycles. The van der Waals surface area contributed by atoms with Crippen LogP contribution in [0.2, 0.25) is 5.02 Å². The molecule has 0 saturated heterocycles. The zero-order valence-corrected chi connectivity index (χ0v) is 12.3. The normalized spacial score (nSPS) is 12.7. The Morgan fingerprint density at radius 1 is 1.47 bits per heavy atom. The van der Waals surface area contributed by atoms with E-state index < -0.39 is 0 Å². The van der Waals surface area contributed by atoms with Crippen LogP contribution in [-0.4, -0.2) is 14.8 Å². The molecule has 2 aromatic rings. The molecule has 0 aliphatic heterocycles. The molecule has 102 valence electrons. The fourth-order valence-corrected chi connectivity index (χ4v) is 2.54. The van der Waals surface area contributed by atoms with Crippen LogP contribution in [0.1, 0.15) is 35.6 Å². The van der Waals surface area contributed by atoms with Crippen LogP contribution in [-0.2, 0) is 19.9 Å². The zero-order chi connectivity index (χ0) is 14.0. The van der Waals surface area contributed by atoms with E-state index in [0.29, 0.717) is 6.42 Å². The van der Waals surface area contributed by atoms with E-state index in [9.17, 15) is 0 Å². The third kappa shape index (κ3) is 2.96. The Morgan fingerprint density at radius 2 is 2.21 bits per heavy atom. The van der Waals surface area contributed by atoms with Gasteiger partial charge in [0.15, 0.2) is 0 Å². The third-order valence-electron chi connectivity index (χ3n) is 3.27. The van der Waals surface area contributed by atoms with Crippen LogP contribution in [0.15, 0.2) is 18.3 Å². The lowest BCUT2D eigenvalue weighted by Crippen LogP contribution is -2.16. The van der Waals surface area contributed by atoms with Crippen molar-refractivity contribution in [2.24, 2.45) is 12.8 Å². The zero-order valence-electron chi connectivity index (χ0n) is 11.5. The summed E-state index contributed by atoms with van der Waals surface area (Å²) >= 11 is 6.34. The lowest BCUT2D eigenvalue weighted by Gasteiger charge is -2.13. The smallest absolute Gasteiger partial charge is 0.0850 e. The lowest BCUT2D eigenvalue weighted by molar-refractivity contribution is 0.637. The van der Waals surface area contributed by atoms with Crippen molar-refractivity contribution >= 4 is 11.6 Å². The molecule has 0 bridgehead atoms. The molecule has 5 heteroatoms. The van der Waals surface area contributed by atoms with E-state index in [4.69, 9.17) is 17.3 Å². The van der Waals surface area contributed by atoms with Crippen molar-refractivity contribution in [2.75, 3.05) is 0 Å². The van der Waals surface area contributed by atoms with Crippen LogP contribution < -0.4 is 5.73 Å². The van der Waals surface area contributed by atoms with E-state index >= 15 is 0 Å². The van der Waals surface area contributed by atoms with Crippen LogP contribution in [0, 0.1) is 6.92 Å². The summed E-state index contributed by atoms with van der Waals surface area (Å²) in [5.41, 5.74) is 10.2. The van der Waals surface area contributed by atoms with Gasteiger partial charge in [-0.3, -0.25) is 9.67 Å². The number of pyridine rings is 1. The summed E-state index contributed by atoms with van der Waals surface area (Å²) in [4.78, 5) is 4.18. The Kier molecular flexibility index (Phi) is 4.22. The van der Waals surface area contributed by atoms with Crippen LogP contribution in [0.4, 0.5) is 0 Å². The second-order valence-corrected chi connectivity index (χ2v) is 5.10. The number of rotatable bonds is 4. The van der Waals surface area contributed by atoms with Gasteiger partial charge in [-0.1, -0.05) is 18.5 Å². The van der Waals surface area contributed by atoms with Gasteiger partial charge in [0.25, 0.3) is 0 Å². The fourth-order valence-electron chi connectivity index (χ4n) is 2.17. The number of aryl methyl sites for hydroxylation is 3. The highest BCUT2D eigenvalue weighted by molar-refractivity contribution is 6.31. The lowest BCUT2D eigenvalue weighted by atomic mass is 10.0. The third-order valence-corrected chi connectivity index (χ3v) is 3.70. The van der Waals surface area contributed by atoms with Crippen LogP contribution >= 0.6 is 11.6 Å². The van der Waals surface area contributed by atoms with E-state index in [0.717, 1.165) is 34.1 Å². The second kappa shape index (κ2) is 5.72. The van der Waals surface area contributed by atoms with Crippen LogP contribution in [0.25, 0.3) is 0 Å². The van der Waals surface area contributed by atoms with Crippen molar-refractivity contribution in [1.82, 2.24) is 14.8 Å². The summed E-state index contributed by atoms with van der Waals surface area (Å²) in [5.74, 6) is 0. The molecule has 0 amide bonds. The molecule has 2 rings (SSSR count). The van der Waals surface area contributed by atoms with E-state index in [2.05, 4.69) is 10.1 Å². The number of nitrogens with zero attached hydrogens (tertiary/aromatic N) is 3. The van der Waals surface area contributed by atoms with E-state index in [1.165, 1.54) is 0 Å². The molecule has 0 aliphatic rings. The van der Waals surface area contributed by atoms with Gasteiger partial charge in [0, 0.05) is 31.4 Å². The first kappa shape index (κ1) is 14.0. The van der Waals surface area contributed by atoms with Gasteiger partial charge in [-0.05, 0) is 31.0 Å². The quantitative estimate of drug-likeness (QED) is 0.935. The Bertz CT molecular complexity index is 577. The summed E-state index contributed by atoms with van der Waals surface area (Å²) < 4.78 is 1.83. The molecule has 0 spiro atoms. The first-order chi connectivity index (χ1) is 9.02. The van der Waals surface area contributed by atoms with Crippen molar-refractivity contribution in [3.8, 4) is 0 Å². The highest BCUT2D eigenvalue weighted by Gasteiger charge is 2.17. The van der Waals surface area contributed by atoms with Gasteiger partial charge in [0.05, 0.1) is 16.4 Å². The highest BCUT2D eigenvalue weighted by atomic mass is 35.5. The minimum atomic E-state index is -0.0979. The van der Waals surface area contributed by atoms with E-state index in [1.54, 1.807) is 6.20 Å². The molecule has 0 aliphatic carbocycles. The summed E-state index contributed by atoms with van der Waals surface area (Å²) in [6.45, 7) is 4.01. The molecule has 0 fully saturated rings. The van der Waals surface area contributed by atoms with Crippen molar-refractivity contribution in [2.45, 2.75) is 32.7 Å². The minimum Gasteiger partial charge on any atom is -0.324 e. The molecule has 0 radical (unpaired) electrons. The molecule has 2 N–H and O–H groups in total. The fraction of sp³-hybridized carbons (Fsp3) is 0.429. The summed E-state index contributed by atoms with van der Waals surface area (Å²) in [7, 11) is 1.91. The van der Waals surface area contributed by atoms with Crippen molar-refractivity contribution in [3.63, 3.8) is 0 Å². The second-order valence-electron chi connectivity index (χ2n) is 4.73. The summed E-state index contributed by atoms with van der Waals surface area (Å²) in [6, 6.07) is 3.86. The highest BCUT2D eigenvalue weighted by Crippen LogP contribution is 2.25. The van der Waals surface area contributed by atoms with Crippen LogP contribution in [0.3, 0.4) is 0 Å². The van der Waals surface area contributed by atoms with Crippen molar-refractivity contribution in [1.29, 1.82) is 0 Å². The number of halogens is 1. The Hall–Kier alpha value is -1.39. The van der Waals surface area contributed by atoms with Gasteiger partial charge in [-0.2, -0.15) is 5.10 Å². The van der Waals surface area contributed by atoms with Gasteiger partial charge in [0.2, 0.25) is 0 Å². The number of hydrogen-bond donors (Lipinski definition) is 1. The van der Waals surface area contributed by atoms with Crippen molar-refractivity contribution < 1.29 is 0 Å². The Morgan fingerprint density at radius 3 is 2.79 bits per heavy atom. The van der Waals surface area contributed by atoms with Crippen molar-refractivity contribution in [3.05, 3.63) is 46.0 Å². The topological polar surface area (TPSA) is 56.7 Å². The number of nitrogens with two attached hydrogens (primary N) is 1. The van der Waals surface area contributed by atoms with Gasteiger partial charge < -0.3 is 5.73 Å². The van der Waals surface area contributed by atoms with Gasteiger partial charge >= 0.3 is 0 Å². The molecule has 0 aromatic carbocycles. The minimum absolute atomic E-state index is 0.0979. The predicted octanol–water partition coefficient (Wildman–Crippen LogP) is 2.58. The monoisotopic (exact) mass is 278 g/mol. The first-order valence-electron chi connectivity index (χ1n) is 6.41. The molecule has 19 heavy (non-hydrogen) atoms. The maximum absolute atomic E-state index is 6.34. The number of aromatic nitrogens is 3. The number of hydrogen-bond acceptors (Lipinski definition) is 3. The predicted molar refractivity (Wildman–Crippen MR) is 77.2 cm³/mol.